The smallest absolute Gasteiger partial charge is 0.242 e. The van der Waals surface area contributed by atoms with E-state index in [9.17, 15) is 4.79 Å². The Balaban J connectivity index is 2.30. The zero-order valence-corrected chi connectivity index (χ0v) is 13.3. The number of aryl methyl sites for hydroxylation is 2. The quantitative estimate of drug-likeness (QED) is 0.943. The van der Waals surface area contributed by atoms with Gasteiger partial charge in [-0.1, -0.05) is 24.3 Å². The van der Waals surface area contributed by atoms with Gasteiger partial charge in [0.15, 0.2) is 5.82 Å². The van der Waals surface area contributed by atoms with Crippen molar-refractivity contribution in [2.24, 2.45) is 0 Å². The molecule has 2 aromatic rings. The molecule has 0 unspecified atom stereocenters. The van der Waals surface area contributed by atoms with Gasteiger partial charge in [0.25, 0.3) is 0 Å². The lowest BCUT2D eigenvalue weighted by Gasteiger charge is -2.20. The van der Waals surface area contributed by atoms with E-state index in [1.165, 1.54) is 0 Å². The zero-order chi connectivity index (χ0) is 15.6. The van der Waals surface area contributed by atoms with Gasteiger partial charge in [0.1, 0.15) is 12.4 Å². The molecule has 1 heterocycles. The molecular weight excluding hydrogens is 264 g/mol. The molecule has 0 bridgehead atoms. The molecule has 0 radical (unpaired) electrons. The molecule has 0 atom stereocenters. The lowest BCUT2D eigenvalue weighted by molar-refractivity contribution is -0.123. The maximum Gasteiger partial charge on any atom is 0.242 e. The van der Waals surface area contributed by atoms with Crippen LogP contribution in [-0.4, -0.2) is 26.2 Å². The Morgan fingerprint density at radius 2 is 1.90 bits per heavy atom. The van der Waals surface area contributed by atoms with Gasteiger partial charge < -0.3 is 5.32 Å². The van der Waals surface area contributed by atoms with Crippen LogP contribution in [0.5, 0.6) is 0 Å². The third-order valence-electron chi connectivity index (χ3n) is 2.97. The average Bonchev–Trinajstić information content (AvgIpc) is 2.68. The Morgan fingerprint density at radius 1 is 1.24 bits per heavy atom. The van der Waals surface area contributed by atoms with E-state index >= 15 is 0 Å². The van der Waals surface area contributed by atoms with E-state index in [0.717, 1.165) is 17.0 Å². The van der Waals surface area contributed by atoms with E-state index in [-0.39, 0.29) is 18.0 Å². The lowest BCUT2D eigenvalue weighted by atomic mass is 10.1. The molecule has 0 saturated carbocycles. The summed E-state index contributed by atoms with van der Waals surface area (Å²) in [5.41, 5.74) is 1.86. The van der Waals surface area contributed by atoms with Gasteiger partial charge in [-0.2, -0.15) is 5.10 Å². The standard InChI is InChI=1S/C16H22N4O/c1-11-8-6-7-9-13(11)15-17-12(2)19-20(15)10-14(21)18-16(3,4)5/h6-9H,10H2,1-5H3,(H,18,21). The number of nitrogens with one attached hydrogen (secondary N) is 1. The van der Waals surface area contributed by atoms with Crippen LogP contribution in [0.4, 0.5) is 0 Å². The molecule has 5 heteroatoms. The van der Waals surface area contributed by atoms with Crippen LogP contribution in [0, 0.1) is 13.8 Å². The van der Waals surface area contributed by atoms with Crippen molar-refractivity contribution >= 4 is 5.91 Å². The van der Waals surface area contributed by atoms with Crippen LogP contribution in [0.1, 0.15) is 32.2 Å². The fraction of sp³-hybridized carbons (Fsp3) is 0.438. The maximum atomic E-state index is 12.1. The van der Waals surface area contributed by atoms with Crippen molar-refractivity contribution in [1.82, 2.24) is 20.1 Å². The molecule has 1 aromatic carbocycles. The summed E-state index contributed by atoms with van der Waals surface area (Å²) in [6.45, 7) is 9.90. The van der Waals surface area contributed by atoms with Gasteiger partial charge in [0.05, 0.1) is 0 Å². The minimum Gasteiger partial charge on any atom is -0.350 e. The first-order valence-corrected chi connectivity index (χ1v) is 7.05. The number of benzene rings is 1. The summed E-state index contributed by atoms with van der Waals surface area (Å²) >= 11 is 0. The van der Waals surface area contributed by atoms with Crippen LogP contribution in [-0.2, 0) is 11.3 Å². The fourth-order valence-electron chi connectivity index (χ4n) is 2.18. The van der Waals surface area contributed by atoms with Crippen LogP contribution in [0.25, 0.3) is 11.4 Å². The summed E-state index contributed by atoms with van der Waals surface area (Å²) in [6.07, 6.45) is 0. The Hall–Kier alpha value is -2.17. The van der Waals surface area contributed by atoms with E-state index < -0.39 is 0 Å². The van der Waals surface area contributed by atoms with Crippen molar-refractivity contribution in [3.63, 3.8) is 0 Å². The number of carbonyl (C=O) groups excluding carboxylic acids is 1. The summed E-state index contributed by atoms with van der Waals surface area (Å²) in [6, 6.07) is 7.97. The summed E-state index contributed by atoms with van der Waals surface area (Å²) < 4.78 is 1.67. The Morgan fingerprint density at radius 3 is 2.52 bits per heavy atom. The van der Waals surface area contributed by atoms with Crippen molar-refractivity contribution < 1.29 is 4.79 Å². The molecule has 5 nitrogen and oxygen atoms in total. The molecule has 0 spiro atoms. The average molecular weight is 286 g/mol. The molecule has 0 fully saturated rings. The van der Waals surface area contributed by atoms with Crippen molar-refractivity contribution in [2.45, 2.75) is 46.7 Å². The number of carbonyl (C=O) groups is 1. The highest BCUT2D eigenvalue weighted by atomic mass is 16.2. The summed E-state index contributed by atoms with van der Waals surface area (Å²) in [7, 11) is 0. The highest BCUT2D eigenvalue weighted by molar-refractivity contribution is 5.77. The molecule has 21 heavy (non-hydrogen) atoms. The molecule has 0 saturated heterocycles. The predicted molar refractivity (Wildman–Crippen MR) is 82.8 cm³/mol. The first-order valence-electron chi connectivity index (χ1n) is 7.05. The minimum absolute atomic E-state index is 0.0674. The Kier molecular flexibility index (Phi) is 4.11. The van der Waals surface area contributed by atoms with E-state index in [0.29, 0.717) is 5.82 Å². The van der Waals surface area contributed by atoms with Gasteiger partial charge in [-0.25, -0.2) is 9.67 Å². The van der Waals surface area contributed by atoms with Crippen LogP contribution < -0.4 is 5.32 Å². The van der Waals surface area contributed by atoms with Crippen LogP contribution in [0.15, 0.2) is 24.3 Å². The van der Waals surface area contributed by atoms with Crippen LogP contribution >= 0.6 is 0 Å². The van der Waals surface area contributed by atoms with Crippen molar-refractivity contribution in [1.29, 1.82) is 0 Å². The first kappa shape index (κ1) is 15.2. The molecule has 2 rings (SSSR count). The third-order valence-corrected chi connectivity index (χ3v) is 2.97. The molecule has 1 N–H and O–H groups in total. The van der Waals surface area contributed by atoms with Gasteiger partial charge >= 0.3 is 0 Å². The molecule has 0 aliphatic heterocycles. The summed E-state index contributed by atoms with van der Waals surface area (Å²) in [5, 5.41) is 7.29. The number of nitrogens with zero attached hydrogens (tertiary/aromatic N) is 3. The minimum atomic E-state index is -0.254. The second-order valence-electron chi connectivity index (χ2n) is 6.25. The molecule has 1 aromatic heterocycles. The van der Waals surface area contributed by atoms with E-state index in [1.807, 2.05) is 58.9 Å². The molecule has 112 valence electrons. The van der Waals surface area contributed by atoms with Crippen molar-refractivity contribution in [3.05, 3.63) is 35.7 Å². The maximum absolute atomic E-state index is 12.1. The SMILES string of the molecule is Cc1nc(-c2ccccc2C)n(CC(=O)NC(C)(C)C)n1. The number of rotatable bonds is 3. The predicted octanol–water partition coefficient (Wildman–Crippen LogP) is 2.48. The first-order chi connectivity index (χ1) is 9.76. The normalized spacial score (nSPS) is 11.5. The molecule has 0 aliphatic rings. The van der Waals surface area contributed by atoms with Gasteiger partial charge in [0, 0.05) is 11.1 Å². The van der Waals surface area contributed by atoms with Gasteiger partial charge in [0.2, 0.25) is 5.91 Å². The monoisotopic (exact) mass is 286 g/mol. The van der Waals surface area contributed by atoms with E-state index in [2.05, 4.69) is 15.4 Å². The molecule has 0 aliphatic carbocycles. The Labute approximate surface area is 125 Å². The van der Waals surface area contributed by atoms with Gasteiger partial charge in [-0.3, -0.25) is 4.79 Å². The van der Waals surface area contributed by atoms with Crippen LogP contribution in [0.3, 0.4) is 0 Å². The second-order valence-corrected chi connectivity index (χ2v) is 6.25. The number of hydrogen-bond donors (Lipinski definition) is 1. The Bertz CT molecular complexity index is 653. The van der Waals surface area contributed by atoms with Crippen molar-refractivity contribution in [3.8, 4) is 11.4 Å². The number of aromatic nitrogens is 3. The van der Waals surface area contributed by atoms with Gasteiger partial charge in [-0.15, -0.1) is 0 Å². The summed E-state index contributed by atoms with van der Waals surface area (Å²) in [4.78, 5) is 16.6. The second kappa shape index (κ2) is 5.68. The largest absolute Gasteiger partial charge is 0.350 e. The summed E-state index contributed by atoms with van der Waals surface area (Å²) in [5.74, 6) is 1.33. The lowest BCUT2D eigenvalue weighted by Crippen LogP contribution is -2.42. The number of amides is 1. The highest BCUT2D eigenvalue weighted by Gasteiger charge is 2.18. The molecule has 1 amide bonds. The zero-order valence-electron chi connectivity index (χ0n) is 13.3. The van der Waals surface area contributed by atoms with Gasteiger partial charge in [-0.05, 0) is 40.2 Å². The topological polar surface area (TPSA) is 59.8 Å². The highest BCUT2D eigenvalue weighted by Crippen LogP contribution is 2.21. The van der Waals surface area contributed by atoms with Crippen LogP contribution in [0.2, 0.25) is 0 Å². The fourth-order valence-corrected chi connectivity index (χ4v) is 2.18. The van der Waals surface area contributed by atoms with E-state index in [4.69, 9.17) is 0 Å². The molecular formula is C16H22N4O. The van der Waals surface area contributed by atoms with Crippen molar-refractivity contribution in [2.75, 3.05) is 0 Å². The third kappa shape index (κ3) is 3.90. The van der Waals surface area contributed by atoms with E-state index in [1.54, 1.807) is 4.68 Å². The number of hydrogen-bond acceptors (Lipinski definition) is 3.